The first kappa shape index (κ1) is 10.4. The van der Waals surface area contributed by atoms with Crippen molar-refractivity contribution in [3.8, 4) is 0 Å². The molecule has 4 nitrogen and oxygen atoms in total. The van der Waals surface area contributed by atoms with Crippen molar-refractivity contribution < 1.29 is 0 Å². The minimum absolute atomic E-state index is 0.129. The van der Waals surface area contributed by atoms with E-state index in [0.717, 1.165) is 16.0 Å². The SMILES string of the molecule is Cc1ccc(C(N)c2cnn3ccncc23)s1. The molecular formula is C12H12N4S. The summed E-state index contributed by atoms with van der Waals surface area (Å²) < 4.78 is 1.79. The van der Waals surface area contributed by atoms with Crippen LogP contribution in [0, 0.1) is 6.92 Å². The van der Waals surface area contributed by atoms with Crippen molar-refractivity contribution in [2.45, 2.75) is 13.0 Å². The molecule has 3 aromatic rings. The second-order valence-corrected chi connectivity index (χ2v) is 5.25. The van der Waals surface area contributed by atoms with Gasteiger partial charge in [-0.3, -0.25) is 4.98 Å². The minimum Gasteiger partial charge on any atom is -0.319 e. The first-order valence-corrected chi connectivity index (χ1v) is 6.16. The lowest BCUT2D eigenvalue weighted by atomic mass is 10.1. The van der Waals surface area contributed by atoms with E-state index < -0.39 is 0 Å². The van der Waals surface area contributed by atoms with Crippen molar-refractivity contribution in [3.05, 3.63) is 52.2 Å². The van der Waals surface area contributed by atoms with Crippen LogP contribution in [0.15, 0.2) is 36.9 Å². The Kier molecular flexibility index (Phi) is 2.42. The topological polar surface area (TPSA) is 56.2 Å². The summed E-state index contributed by atoms with van der Waals surface area (Å²) in [7, 11) is 0. The molecule has 0 bridgehead atoms. The maximum Gasteiger partial charge on any atom is 0.0896 e. The molecule has 0 spiro atoms. The van der Waals surface area contributed by atoms with Gasteiger partial charge in [-0.05, 0) is 19.1 Å². The lowest BCUT2D eigenvalue weighted by Gasteiger charge is -2.07. The van der Waals surface area contributed by atoms with Crippen LogP contribution in [-0.2, 0) is 0 Å². The van der Waals surface area contributed by atoms with E-state index in [2.05, 4.69) is 29.1 Å². The third-order valence-electron chi connectivity index (χ3n) is 2.76. The van der Waals surface area contributed by atoms with Gasteiger partial charge in [-0.1, -0.05) is 0 Å². The number of nitrogens with two attached hydrogens (primary N) is 1. The lowest BCUT2D eigenvalue weighted by molar-refractivity contribution is 0.902. The van der Waals surface area contributed by atoms with Gasteiger partial charge in [-0.25, -0.2) is 4.52 Å². The molecule has 0 aliphatic rings. The highest BCUT2D eigenvalue weighted by Gasteiger charge is 2.15. The number of fused-ring (bicyclic) bond motifs is 1. The average Bonchev–Trinajstić information content (AvgIpc) is 2.94. The second kappa shape index (κ2) is 3.94. The van der Waals surface area contributed by atoms with Crippen molar-refractivity contribution in [1.82, 2.24) is 14.6 Å². The highest BCUT2D eigenvalue weighted by Crippen LogP contribution is 2.28. The fraction of sp³-hybridized carbons (Fsp3) is 0.167. The van der Waals surface area contributed by atoms with Gasteiger partial charge in [0.2, 0.25) is 0 Å². The van der Waals surface area contributed by atoms with Gasteiger partial charge < -0.3 is 5.73 Å². The van der Waals surface area contributed by atoms with Crippen LogP contribution in [-0.4, -0.2) is 14.6 Å². The van der Waals surface area contributed by atoms with E-state index in [1.165, 1.54) is 4.88 Å². The van der Waals surface area contributed by atoms with Crippen molar-refractivity contribution in [2.24, 2.45) is 5.73 Å². The summed E-state index contributed by atoms with van der Waals surface area (Å²) in [6, 6.07) is 4.03. The number of aromatic nitrogens is 3. The first-order chi connectivity index (χ1) is 8.25. The van der Waals surface area contributed by atoms with E-state index in [1.54, 1.807) is 28.2 Å². The molecule has 86 valence electrons. The Hall–Kier alpha value is -1.72. The number of nitrogens with zero attached hydrogens (tertiary/aromatic N) is 3. The van der Waals surface area contributed by atoms with Crippen LogP contribution in [0.5, 0.6) is 0 Å². The van der Waals surface area contributed by atoms with Crippen molar-refractivity contribution in [1.29, 1.82) is 0 Å². The normalized spacial score (nSPS) is 13.1. The monoisotopic (exact) mass is 244 g/mol. The first-order valence-electron chi connectivity index (χ1n) is 5.35. The van der Waals surface area contributed by atoms with E-state index in [4.69, 9.17) is 5.73 Å². The molecule has 0 saturated carbocycles. The molecule has 0 aliphatic heterocycles. The van der Waals surface area contributed by atoms with E-state index >= 15 is 0 Å². The molecule has 0 fully saturated rings. The maximum absolute atomic E-state index is 6.27. The Labute approximate surface area is 103 Å². The van der Waals surface area contributed by atoms with Gasteiger partial charge >= 0.3 is 0 Å². The third-order valence-corrected chi connectivity index (χ3v) is 3.84. The molecule has 17 heavy (non-hydrogen) atoms. The second-order valence-electron chi connectivity index (χ2n) is 3.93. The van der Waals surface area contributed by atoms with Crippen LogP contribution < -0.4 is 5.73 Å². The van der Waals surface area contributed by atoms with Crippen LogP contribution in [0.2, 0.25) is 0 Å². The molecule has 1 unspecified atom stereocenters. The largest absolute Gasteiger partial charge is 0.319 e. The summed E-state index contributed by atoms with van der Waals surface area (Å²) in [6.45, 7) is 2.08. The Balaban J connectivity index is 2.09. The molecule has 3 aromatic heterocycles. The van der Waals surface area contributed by atoms with Gasteiger partial charge in [-0.2, -0.15) is 5.10 Å². The molecule has 3 heterocycles. The zero-order chi connectivity index (χ0) is 11.8. The quantitative estimate of drug-likeness (QED) is 0.751. The summed E-state index contributed by atoms with van der Waals surface area (Å²) in [5.41, 5.74) is 8.25. The summed E-state index contributed by atoms with van der Waals surface area (Å²) in [5, 5.41) is 4.27. The Morgan fingerprint density at radius 2 is 2.24 bits per heavy atom. The third kappa shape index (κ3) is 1.73. The molecule has 0 aromatic carbocycles. The van der Waals surface area contributed by atoms with E-state index in [0.29, 0.717) is 0 Å². The highest BCUT2D eigenvalue weighted by molar-refractivity contribution is 7.12. The minimum atomic E-state index is -0.129. The molecular weight excluding hydrogens is 232 g/mol. The highest BCUT2D eigenvalue weighted by atomic mass is 32.1. The molecule has 3 rings (SSSR count). The zero-order valence-electron chi connectivity index (χ0n) is 9.37. The number of hydrogen-bond acceptors (Lipinski definition) is 4. The molecule has 0 saturated heterocycles. The predicted octanol–water partition coefficient (Wildman–Crippen LogP) is 2.15. The Bertz CT molecular complexity index is 655. The van der Waals surface area contributed by atoms with Gasteiger partial charge in [0, 0.05) is 27.7 Å². The van der Waals surface area contributed by atoms with Crippen LogP contribution in [0.1, 0.15) is 21.4 Å². The van der Waals surface area contributed by atoms with E-state index in [-0.39, 0.29) is 6.04 Å². The summed E-state index contributed by atoms with van der Waals surface area (Å²) in [6.07, 6.45) is 7.15. The molecule has 0 aliphatic carbocycles. The molecule has 0 radical (unpaired) electrons. The van der Waals surface area contributed by atoms with Gasteiger partial charge in [0.1, 0.15) is 0 Å². The van der Waals surface area contributed by atoms with Crippen LogP contribution in [0.4, 0.5) is 0 Å². The van der Waals surface area contributed by atoms with Crippen LogP contribution in [0.3, 0.4) is 0 Å². The fourth-order valence-electron chi connectivity index (χ4n) is 1.87. The number of thiophene rings is 1. The van der Waals surface area contributed by atoms with Gasteiger partial charge in [0.15, 0.2) is 0 Å². The maximum atomic E-state index is 6.27. The standard InChI is InChI=1S/C12H12N4S/c1-8-2-3-11(17-8)12(13)9-6-15-16-5-4-14-7-10(9)16/h2-7,12H,13H2,1H3. The van der Waals surface area contributed by atoms with E-state index in [9.17, 15) is 0 Å². The zero-order valence-corrected chi connectivity index (χ0v) is 10.2. The predicted molar refractivity (Wildman–Crippen MR) is 68.1 cm³/mol. The van der Waals surface area contributed by atoms with Crippen molar-refractivity contribution >= 4 is 16.9 Å². The number of rotatable bonds is 2. The Morgan fingerprint density at radius 3 is 3.00 bits per heavy atom. The number of aryl methyl sites for hydroxylation is 1. The van der Waals surface area contributed by atoms with Gasteiger partial charge in [-0.15, -0.1) is 11.3 Å². The fourth-order valence-corrected chi connectivity index (χ4v) is 2.76. The molecule has 0 amide bonds. The molecule has 2 N–H and O–H groups in total. The summed E-state index contributed by atoms with van der Waals surface area (Å²) in [5.74, 6) is 0. The van der Waals surface area contributed by atoms with Crippen molar-refractivity contribution in [2.75, 3.05) is 0 Å². The smallest absolute Gasteiger partial charge is 0.0896 e. The van der Waals surface area contributed by atoms with Crippen LogP contribution in [0.25, 0.3) is 5.52 Å². The van der Waals surface area contributed by atoms with Crippen LogP contribution >= 0.6 is 11.3 Å². The Morgan fingerprint density at radius 1 is 1.35 bits per heavy atom. The number of hydrogen-bond donors (Lipinski definition) is 1. The molecule has 1 atom stereocenters. The average molecular weight is 244 g/mol. The van der Waals surface area contributed by atoms with Gasteiger partial charge in [0.05, 0.1) is 24.0 Å². The van der Waals surface area contributed by atoms with E-state index in [1.807, 2.05) is 12.4 Å². The molecule has 5 heteroatoms. The lowest BCUT2D eigenvalue weighted by Crippen LogP contribution is -2.09. The van der Waals surface area contributed by atoms with Gasteiger partial charge in [0.25, 0.3) is 0 Å². The summed E-state index contributed by atoms with van der Waals surface area (Å²) >= 11 is 1.72. The summed E-state index contributed by atoms with van der Waals surface area (Å²) in [4.78, 5) is 6.54. The van der Waals surface area contributed by atoms with Crippen molar-refractivity contribution in [3.63, 3.8) is 0 Å².